The highest BCUT2D eigenvalue weighted by Gasteiger charge is 2.64. The SMILES string of the molecule is CC(C)[C@@H](C)[C@]1(C)C[C@@H]1[C@@H](C)[C@H]1CC[C@H]2[C@@H]3C[C@@H](O)C4=C[C@H](O)CC[C@]4(C)[C@H]3CC[C@]12C. The van der Waals surface area contributed by atoms with Crippen LogP contribution in [0.4, 0.5) is 0 Å². The molecule has 0 aliphatic heterocycles. The molecule has 0 spiro atoms. The molecule has 4 saturated carbocycles. The fourth-order valence-corrected chi connectivity index (χ4v) is 10.4. The molecule has 2 nitrogen and oxygen atoms in total. The molecule has 182 valence electrons. The maximum absolute atomic E-state index is 11.2. The van der Waals surface area contributed by atoms with Gasteiger partial charge in [0.15, 0.2) is 0 Å². The second kappa shape index (κ2) is 7.58. The number of aliphatic hydroxyl groups is 2. The van der Waals surface area contributed by atoms with E-state index in [9.17, 15) is 10.2 Å². The highest BCUT2D eigenvalue weighted by Crippen LogP contribution is 2.71. The summed E-state index contributed by atoms with van der Waals surface area (Å²) in [5, 5.41) is 21.5. The summed E-state index contributed by atoms with van der Waals surface area (Å²) in [5.74, 6) is 6.33. The summed E-state index contributed by atoms with van der Waals surface area (Å²) < 4.78 is 0. The third kappa shape index (κ3) is 3.17. The number of aliphatic hydroxyl groups excluding tert-OH is 2. The van der Waals surface area contributed by atoms with Crippen molar-refractivity contribution in [3.8, 4) is 0 Å². The van der Waals surface area contributed by atoms with Crippen LogP contribution in [0.25, 0.3) is 0 Å². The van der Waals surface area contributed by atoms with Crippen LogP contribution in [0, 0.1) is 63.6 Å². The molecule has 5 rings (SSSR count). The fourth-order valence-electron chi connectivity index (χ4n) is 10.4. The molecule has 0 aromatic carbocycles. The first kappa shape index (κ1) is 23.4. The fraction of sp³-hybridized carbons (Fsp3) is 0.933. The van der Waals surface area contributed by atoms with E-state index < -0.39 is 0 Å². The van der Waals surface area contributed by atoms with E-state index in [2.05, 4.69) is 48.5 Å². The second-order valence-electron chi connectivity index (χ2n) is 14.2. The first-order valence-electron chi connectivity index (χ1n) is 14.0. The average molecular weight is 443 g/mol. The van der Waals surface area contributed by atoms with Gasteiger partial charge in [-0.3, -0.25) is 0 Å². The van der Waals surface area contributed by atoms with Gasteiger partial charge < -0.3 is 10.2 Å². The molecule has 32 heavy (non-hydrogen) atoms. The van der Waals surface area contributed by atoms with Crippen LogP contribution in [0.1, 0.15) is 99.8 Å². The van der Waals surface area contributed by atoms with Gasteiger partial charge in [0.05, 0.1) is 12.2 Å². The van der Waals surface area contributed by atoms with Crippen molar-refractivity contribution in [1.82, 2.24) is 0 Å². The molecule has 0 heterocycles. The largest absolute Gasteiger partial charge is 0.389 e. The number of hydrogen-bond acceptors (Lipinski definition) is 2. The van der Waals surface area contributed by atoms with Crippen molar-refractivity contribution in [1.29, 1.82) is 0 Å². The minimum atomic E-state index is -0.351. The maximum Gasteiger partial charge on any atom is 0.0759 e. The molecule has 0 bridgehead atoms. The summed E-state index contributed by atoms with van der Waals surface area (Å²) >= 11 is 0. The van der Waals surface area contributed by atoms with Gasteiger partial charge in [-0.2, -0.15) is 0 Å². The number of fused-ring (bicyclic) bond motifs is 5. The Bertz CT molecular complexity index is 771. The normalized spacial score (nSPS) is 54.3. The molecule has 0 unspecified atom stereocenters. The van der Waals surface area contributed by atoms with Crippen LogP contribution in [-0.4, -0.2) is 22.4 Å². The molecule has 4 fully saturated rings. The topological polar surface area (TPSA) is 40.5 Å². The Hall–Kier alpha value is -0.340. The van der Waals surface area contributed by atoms with Gasteiger partial charge in [-0.1, -0.05) is 54.5 Å². The average Bonchev–Trinajstić information content (AvgIpc) is 3.30. The van der Waals surface area contributed by atoms with E-state index >= 15 is 0 Å². The van der Waals surface area contributed by atoms with Crippen LogP contribution in [0.5, 0.6) is 0 Å². The van der Waals surface area contributed by atoms with Gasteiger partial charge in [-0.15, -0.1) is 0 Å². The Morgan fingerprint density at radius 1 is 0.875 bits per heavy atom. The summed E-state index contributed by atoms with van der Waals surface area (Å²) in [5.41, 5.74) is 2.29. The van der Waals surface area contributed by atoms with Crippen molar-refractivity contribution in [2.75, 3.05) is 0 Å². The Balaban J connectivity index is 1.37. The lowest BCUT2D eigenvalue weighted by Gasteiger charge is -2.60. The minimum Gasteiger partial charge on any atom is -0.389 e. The predicted molar refractivity (Wildman–Crippen MR) is 132 cm³/mol. The summed E-state index contributed by atoms with van der Waals surface area (Å²) in [4.78, 5) is 0. The predicted octanol–water partition coefficient (Wildman–Crippen LogP) is 6.85. The lowest BCUT2D eigenvalue weighted by Crippen LogP contribution is -2.54. The Morgan fingerprint density at radius 3 is 2.28 bits per heavy atom. The maximum atomic E-state index is 11.2. The molecule has 2 heteroatoms. The molecule has 0 saturated heterocycles. The van der Waals surface area contributed by atoms with Gasteiger partial charge in [0.1, 0.15) is 0 Å². The van der Waals surface area contributed by atoms with Crippen molar-refractivity contribution < 1.29 is 10.2 Å². The molecule has 12 atom stereocenters. The third-order valence-electron chi connectivity index (χ3n) is 12.8. The zero-order valence-electron chi connectivity index (χ0n) is 21.9. The summed E-state index contributed by atoms with van der Waals surface area (Å²) in [6.45, 7) is 17.6. The quantitative estimate of drug-likeness (QED) is 0.467. The van der Waals surface area contributed by atoms with Crippen LogP contribution in [0.2, 0.25) is 0 Å². The number of rotatable bonds is 4. The zero-order chi connectivity index (χ0) is 23.2. The van der Waals surface area contributed by atoms with Crippen LogP contribution in [0.3, 0.4) is 0 Å². The van der Waals surface area contributed by atoms with Crippen LogP contribution >= 0.6 is 0 Å². The summed E-state index contributed by atoms with van der Waals surface area (Å²) in [6.07, 6.45) is 11.1. The zero-order valence-corrected chi connectivity index (χ0v) is 21.9. The van der Waals surface area contributed by atoms with Crippen molar-refractivity contribution >= 4 is 0 Å². The molecule has 0 amide bonds. The van der Waals surface area contributed by atoms with Gasteiger partial charge in [0.25, 0.3) is 0 Å². The van der Waals surface area contributed by atoms with E-state index in [1.54, 1.807) is 0 Å². The van der Waals surface area contributed by atoms with Crippen LogP contribution in [-0.2, 0) is 0 Å². The van der Waals surface area contributed by atoms with Gasteiger partial charge in [-0.25, -0.2) is 0 Å². The molecule has 2 N–H and O–H groups in total. The highest BCUT2D eigenvalue weighted by molar-refractivity contribution is 5.29. The lowest BCUT2D eigenvalue weighted by atomic mass is 9.46. The molecule has 0 radical (unpaired) electrons. The Kier molecular flexibility index (Phi) is 5.54. The molecule has 0 aromatic heterocycles. The smallest absolute Gasteiger partial charge is 0.0759 e. The standard InChI is InChI=1S/C30H50O2/c1-17(2)19(4)30(7)16-26(30)18(3)22-8-9-23-21-15-27(32)25-14-20(31)10-12-29(25,6)24(21)11-13-28(22,23)5/h14,17-24,26-27,31-32H,8-13,15-16H2,1-7H3/t18-,19+,20+,21-,22+,23-,24-,26+,27+,28+,29+,30-/m0/s1. The second-order valence-corrected chi connectivity index (χ2v) is 14.2. The Labute approximate surface area is 197 Å². The van der Waals surface area contributed by atoms with Crippen molar-refractivity contribution in [2.24, 2.45) is 63.6 Å². The van der Waals surface area contributed by atoms with Crippen molar-refractivity contribution in [3.63, 3.8) is 0 Å². The molecular formula is C30H50O2. The molecule has 5 aliphatic rings. The van der Waals surface area contributed by atoms with E-state index in [1.165, 1.54) is 37.7 Å². The van der Waals surface area contributed by atoms with E-state index in [0.717, 1.165) is 54.8 Å². The first-order valence-corrected chi connectivity index (χ1v) is 14.0. The van der Waals surface area contributed by atoms with Gasteiger partial charge in [-0.05, 0) is 121 Å². The van der Waals surface area contributed by atoms with Crippen molar-refractivity contribution in [3.05, 3.63) is 11.6 Å². The van der Waals surface area contributed by atoms with E-state index in [4.69, 9.17) is 0 Å². The third-order valence-corrected chi connectivity index (χ3v) is 12.8. The number of hydrogen-bond donors (Lipinski definition) is 2. The lowest BCUT2D eigenvalue weighted by molar-refractivity contribution is -0.0886. The van der Waals surface area contributed by atoms with E-state index in [0.29, 0.717) is 22.7 Å². The molecule has 0 aromatic rings. The van der Waals surface area contributed by atoms with E-state index in [1.807, 2.05) is 6.08 Å². The summed E-state index contributed by atoms with van der Waals surface area (Å²) in [7, 11) is 0. The van der Waals surface area contributed by atoms with Crippen molar-refractivity contribution in [2.45, 2.75) is 112 Å². The Morgan fingerprint density at radius 2 is 1.59 bits per heavy atom. The first-order chi connectivity index (χ1) is 14.9. The summed E-state index contributed by atoms with van der Waals surface area (Å²) in [6, 6.07) is 0. The monoisotopic (exact) mass is 442 g/mol. The van der Waals surface area contributed by atoms with Gasteiger partial charge in [0.2, 0.25) is 0 Å². The van der Waals surface area contributed by atoms with Crippen LogP contribution in [0.15, 0.2) is 11.6 Å². The van der Waals surface area contributed by atoms with Gasteiger partial charge in [0, 0.05) is 0 Å². The van der Waals surface area contributed by atoms with E-state index in [-0.39, 0.29) is 17.6 Å². The molecular weight excluding hydrogens is 392 g/mol. The van der Waals surface area contributed by atoms with Gasteiger partial charge >= 0.3 is 0 Å². The van der Waals surface area contributed by atoms with Crippen LogP contribution < -0.4 is 0 Å². The highest BCUT2D eigenvalue weighted by atomic mass is 16.3. The minimum absolute atomic E-state index is 0.106. The molecule has 5 aliphatic carbocycles.